The number of carbonyl (C=O) groups is 1. The van der Waals surface area contributed by atoms with E-state index in [0.29, 0.717) is 41.1 Å². The summed E-state index contributed by atoms with van der Waals surface area (Å²) in [6, 6.07) is 38.9. The molecule has 6 aliphatic carbocycles. The van der Waals surface area contributed by atoms with E-state index >= 15 is 0 Å². The number of benzene rings is 5. The number of halogens is 5. The van der Waals surface area contributed by atoms with Crippen molar-refractivity contribution < 1.29 is 31.8 Å². The van der Waals surface area contributed by atoms with Crippen LogP contribution in [0, 0.1) is 69.6 Å². The maximum atomic E-state index is 14.5. The molecule has 0 N–H and O–H groups in total. The van der Waals surface area contributed by atoms with E-state index in [0.717, 1.165) is 100 Å². The van der Waals surface area contributed by atoms with Crippen molar-refractivity contribution >= 4 is 43.0 Å². The minimum atomic E-state index is -2.56. The molecule has 3 nitrogen and oxygen atoms in total. The van der Waals surface area contributed by atoms with Gasteiger partial charge < -0.3 is 14.3 Å². The first kappa shape index (κ1) is 53.6. The normalized spacial score (nSPS) is 29.7. The monoisotopic (exact) mass is 1080 g/mol. The molecular formula is C64H76BrF4O3P. The molecule has 5 aromatic rings. The molecule has 6 saturated carbocycles. The van der Waals surface area contributed by atoms with Crippen LogP contribution in [0.25, 0.3) is 0 Å². The van der Waals surface area contributed by atoms with Gasteiger partial charge in [-0.1, -0.05) is 18.2 Å². The topological polar surface area (TPSA) is 35.5 Å². The fourth-order valence-electron chi connectivity index (χ4n) is 14.7. The van der Waals surface area contributed by atoms with Gasteiger partial charge in [0.05, 0.1) is 13.2 Å². The first-order chi connectivity index (χ1) is 35.2. The average molecular weight is 1080 g/mol. The number of aldehydes is 1. The average Bonchev–Trinajstić information content (AvgIpc) is 3.37. The van der Waals surface area contributed by atoms with Crippen molar-refractivity contribution in [3.63, 3.8) is 0 Å². The van der Waals surface area contributed by atoms with Crippen molar-refractivity contribution in [2.24, 2.45) is 46.3 Å². The SMILES string of the molecule is C=CC1CC2(C1)CC(C1CCC(c3ccc(OCC)c(F)c3F)CC1)C2.CCOc1ccc(C2CCC(C3CC4(CC(C=O)C4)C3)CC2)c(F)c1F.CP(Br)(c1ccccc1)(c1ccccc1)c1ccccc1. The fourth-order valence-corrected chi connectivity index (χ4v) is 20.3. The predicted molar refractivity (Wildman–Crippen MR) is 296 cm³/mol. The molecule has 0 aromatic heterocycles. The summed E-state index contributed by atoms with van der Waals surface area (Å²) >= 11 is 4.24. The summed E-state index contributed by atoms with van der Waals surface area (Å²) in [4.78, 5) is 10.8. The predicted octanol–water partition coefficient (Wildman–Crippen LogP) is 16.7. The molecule has 0 bridgehead atoms. The van der Waals surface area contributed by atoms with Crippen LogP contribution >= 0.6 is 20.8 Å². The summed E-state index contributed by atoms with van der Waals surface area (Å²) in [5.41, 5.74) is 2.19. The molecule has 0 amide bonds. The van der Waals surface area contributed by atoms with Gasteiger partial charge in [-0.3, -0.25) is 0 Å². The molecule has 6 aliphatic rings. The van der Waals surface area contributed by atoms with Crippen LogP contribution in [0.1, 0.15) is 140 Å². The maximum absolute atomic E-state index is 14.5. The van der Waals surface area contributed by atoms with Crippen LogP contribution in [-0.2, 0) is 4.79 Å². The van der Waals surface area contributed by atoms with Gasteiger partial charge in [0.2, 0.25) is 11.6 Å². The van der Waals surface area contributed by atoms with Crippen LogP contribution < -0.4 is 25.4 Å². The van der Waals surface area contributed by atoms with Crippen molar-refractivity contribution in [1.82, 2.24) is 0 Å². The molecule has 0 unspecified atom stereocenters. The van der Waals surface area contributed by atoms with Crippen LogP contribution in [0.2, 0.25) is 0 Å². The van der Waals surface area contributed by atoms with Gasteiger partial charge in [0, 0.05) is 5.92 Å². The van der Waals surface area contributed by atoms with Gasteiger partial charge >= 0.3 is 134 Å². The molecule has 390 valence electrons. The van der Waals surface area contributed by atoms with Gasteiger partial charge in [-0.05, 0) is 192 Å². The van der Waals surface area contributed by atoms with Crippen LogP contribution in [0.15, 0.2) is 128 Å². The number of hydrogen-bond acceptors (Lipinski definition) is 3. The molecule has 9 heteroatoms. The number of carbonyl (C=O) groups excluding carboxylic acids is 1. The van der Waals surface area contributed by atoms with E-state index in [4.69, 9.17) is 9.47 Å². The molecular weight excluding hydrogens is 1000 g/mol. The van der Waals surface area contributed by atoms with Gasteiger partial charge in [0.15, 0.2) is 23.1 Å². The second-order valence-electron chi connectivity index (χ2n) is 23.1. The van der Waals surface area contributed by atoms with Crippen LogP contribution in [0.4, 0.5) is 17.6 Å². The van der Waals surface area contributed by atoms with Crippen molar-refractivity contribution in [2.75, 3.05) is 19.9 Å². The van der Waals surface area contributed by atoms with E-state index in [1.54, 1.807) is 38.1 Å². The molecule has 11 rings (SSSR count). The number of allylic oxidation sites excluding steroid dienone is 1. The third kappa shape index (κ3) is 10.9. The molecule has 0 heterocycles. The Morgan fingerprint density at radius 3 is 1.16 bits per heavy atom. The fraction of sp³-hybridized carbons (Fsp3) is 0.484. The van der Waals surface area contributed by atoms with Crippen molar-refractivity contribution in [2.45, 2.75) is 128 Å². The van der Waals surface area contributed by atoms with E-state index < -0.39 is 28.6 Å². The van der Waals surface area contributed by atoms with Crippen molar-refractivity contribution in [3.05, 3.63) is 162 Å². The van der Waals surface area contributed by atoms with Gasteiger partial charge in [0.1, 0.15) is 6.29 Å². The second kappa shape index (κ2) is 22.5. The standard InChI is InChI=1S/C23H30F2O.C22H28F2O2.C19H18BrP/c1-3-15-11-23(12-15)13-18(14-23)16-5-7-17(8-6-16)19-9-10-20(26-4-2)22(25)21(19)24;1-2-26-19-8-7-18(20(23)21(19)24)16-5-3-15(4-6-16)17-11-22(12-17)9-14(10-22)13-25;1-21(20,17-11-5-2-6-12-17,18-13-7-3-8-14-18)19-15-9-4-10-16-19/h3,9-10,15-18H,1,4-8,11-14H2,2H3;7-8,13-17H,2-6,9-12H2,1H3;2-16H,1H3. The van der Waals surface area contributed by atoms with E-state index in [-0.39, 0.29) is 23.3 Å². The molecule has 0 saturated heterocycles. The Morgan fingerprint density at radius 2 is 0.849 bits per heavy atom. The van der Waals surface area contributed by atoms with E-state index in [1.807, 2.05) is 0 Å². The first-order valence-corrected chi connectivity index (χ1v) is 32.1. The van der Waals surface area contributed by atoms with Crippen LogP contribution in [0.5, 0.6) is 11.5 Å². The van der Waals surface area contributed by atoms with Gasteiger partial charge in [-0.25, -0.2) is 8.78 Å². The number of hydrogen-bond donors (Lipinski definition) is 0. The molecule has 5 aromatic carbocycles. The first-order valence-electron chi connectivity index (χ1n) is 27.4. The number of ether oxygens (including phenoxy) is 2. The van der Waals surface area contributed by atoms with E-state index in [2.05, 4.69) is 126 Å². The summed E-state index contributed by atoms with van der Waals surface area (Å²) in [7, 11) is 0. The summed E-state index contributed by atoms with van der Waals surface area (Å²) in [6.45, 7) is 10.5. The Hall–Kier alpha value is -4.26. The minimum absolute atomic E-state index is 0.0105. The van der Waals surface area contributed by atoms with Crippen LogP contribution in [-0.4, -0.2) is 26.2 Å². The zero-order valence-electron chi connectivity index (χ0n) is 43.2. The van der Waals surface area contributed by atoms with Crippen LogP contribution in [0.3, 0.4) is 0 Å². The molecule has 2 spiro atoms. The quantitative estimate of drug-likeness (QED) is 0.0510. The summed E-state index contributed by atoms with van der Waals surface area (Å²) in [6.07, 6.45) is 21.8. The van der Waals surface area contributed by atoms with Gasteiger partial charge in [-0.15, -0.1) is 6.58 Å². The Bertz CT molecular complexity index is 2420. The third-order valence-electron chi connectivity index (χ3n) is 18.7. The van der Waals surface area contributed by atoms with Gasteiger partial charge in [0.25, 0.3) is 0 Å². The zero-order valence-corrected chi connectivity index (χ0v) is 45.7. The van der Waals surface area contributed by atoms with E-state index in [9.17, 15) is 22.4 Å². The molecule has 0 aliphatic heterocycles. The summed E-state index contributed by atoms with van der Waals surface area (Å²) < 4.78 is 67.5. The summed E-state index contributed by atoms with van der Waals surface area (Å²) in [5, 5.41) is 1.48. The number of rotatable bonds is 13. The van der Waals surface area contributed by atoms with Crippen molar-refractivity contribution in [3.8, 4) is 11.5 Å². The van der Waals surface area contributed by atoms with Crippen molar-refractivity contribution in [1.29, 1.82) is 0 Å². The zero-order chi connectivity index (χ0) is 51.4. The molecule has 0 atom stereocenters. The summed E-state index contributed by atoms with van der Waals surface area (Å²) in [5.74, 6) is 1.44. The molecule has 73 heavy (non-hydrogen) atoms. The molecule has 6 fully saturated rings. The second-order valence-corrected chi connectivity index (χ2v) is 32.9. The van der Waals surface area contributed by atoms with Gasteiger partial charge in [-0.2, -0.15) is 8.78 Å². The Morgan fingerprint density at radius 1 is 0.507 bits per heavy atom. The third-order valence-corrected chi connectivity index (χ3v) is 27.0. The Kier molecular flexibility index (Phi) is 16.5. The molecule has 0 radical (unpaired) electrons. The Labute approximate surface area is 441 Å². The van der Waals surface area contributed by atoms with E-state index in [1.165, 1.54) is 54.4 Å². The Balaban J connectivity index is 0.000000136.